The average Bonchev–Trinajstić information content (AvgIpc) is 3.18. The molecule has 1 aromatic carbocycles. The van der Waals surface area contributed by atoms with Gasteiger partial charge in [-0.3, -0.25) is 9.78 Å². The first kappa shape index (κ1) is 23.5. The maximum absolute atomic E-state index is 13.4. The van der Waals surface area contributed by atoms with E-state index in [1.54, 1.807) is 6.92 Å². The van der Waals surface area contributed by atoms with Gasteiger partial charge in [-0.05, 0) is 50.8 Å². The minimum atomic E-state index is -1.02. The zero-order chi connectivity index (χ0) is 24.7. The highest BCUT2D eigenvalue weighted by molar-refractivity contribution is 7.16. The van der Waals surface area contributed by atoms with Crippen molar-refractivity contribution in [1.29, 1.82) is 5.26 Å². The number of carbonyl (C=O) groups is 2. The lowest BCUT2D eigenvalue weighted by atomic mass is 9.88. The number of hydrogen-bond donors (Lipinski definition) is 1. The summed E-state index contributed by atoms with van der Waals surface area (Å²) < 4.78 is 5.70. The minimum Gasteiger partial charge on any atom is -0.449 e. The number of ether oxygens (including phenoxy) is 1. The van der Waals surface area contributed by atoms with Crippen LogP contribution in [0.15, 0.2) is 24.3 Å². The molecule has 5 rings (SSSR count). The van der Waals surface area contributed by atoms with Gasteiger partial charge in [-0.25, -0.2) is 4.79 Å². The van der Waals surface area contributed by atoms with E-state index in [9.17, 15) is 14.9 Å². The Morgan fingerprint density at radius 3 is 2.89 bits per heavy atom. The van der Waals surface area contributed by atoms with E-state index in [0.29, 0.717) is 28.6 Å². The van der Waals surface area contributed by atoms with Crippen LogP contribution in [0.2, 0.25) is 0 Å². The minimum absolute atomic E-state index is 0.439. The molecule has 8 heteroatoms. The molecule has 0 bridgehead atoms. The summed E-state index contributed by atoms with van der Waals surface area (Å²) in [5.74, 6) is -0.403. The van der Waals surface area contributed by atoms with Crippen LogP contribution in [-0.4, -0.2) is 41.5 Å². The maximum Gasteiger partial charge on any atom is 0.339 e. The highest BCUT2D eigenvalue weighted by Crippen LogP contribution is 2.39. The first-order valence-electron chi connectivity index (χ1n) is 12.0. The van der Waals surface area contributed by atoms with Gasteiger partial charge in [0.25, 0.3) is 5.91 Å². The van der Waals surface area contributed by atoms with E-state index < -0.39 is 18.0 Å². The Labute approximate surface area is 208 Å². The van der Waals surface area contributed by atoms with Crippen molar-refractivity contribution >= 4 is 39.1 Å². The normalized spacial score (nSPS) is 18.3. The summed E-state index contributed by atoms with van der Waals surface area (Å²) in [5, 5.41) is 13.9. The molecule has 1 amide bonds. The summed E-state index contributed by atoms with van der Waals surface area (Å²) in [5.41, 5.74) is 4.59. The molecule has 7 nitrogen and oxygen atoms in total. The number of esters is 1. The second-order valence-corrected chi connectivity index (χ2v) is 10.7. The lowest BCUT2D eigenvalue weighted by Gasteiger charge is -2.27. The van der Waals surface area contributed by atoms with Crippen molar-refractivity contribution in [2.24, 2.45) is 5.92 Å². The van der Waals surface area contributed by atoms with Crippen molar-refractivity contribution in [1.82, 2.24) is 9.88 Å². The van der Waals surface area contributed by atoms with E-state index in [1.165, 1.54) is 16.2 Å². The molecule has 180 valence electrons. The molecule has 1 N–H and O–H groups in total. The summed E-state index contributed by atoms with van der Waals surface area (Å²) >= 11 is 1.46. The number of carbonyl (C=O) groups excluding carboxylic acids is 2. The standard InChI is InChI=1S/C27H28N4O3S/c1-15-8-9-17-19(13-28)26(35-23(17)12-15)30-25(32)16(2)34-27(33)24-18-6-4-5-7-21(18)29-22-10-11-31(3)14-20(22)24/h4-7,15-16H,8-12,14H2,1-3H3,(H,30,32). The van der Waals surface area contributed by atoms with Gasteiger partial charge in [0.15, 0.2) is 6.10 Å². The summed E-state index contributed by atoms with van der Waals surface area (Å²) in [6.07, 6.45) is 2.55. The number of aromatic nitrogens is 1. The number of nitrogens with one attached hydrogen (secondary N) is 1. The van der Waals surface area contributed by atoms with Crippen LogP contribution in [0.4, 0.5) is 5.00 Å². The highest BCUT2D eigenvalue weighted by Gasteiger charge is 2.29. The average molecular weight is 489 g/mol. The SMILES string of the molecule is CC1CCc2c(sc(NC(=O)C(C)OC(=O)c3c4c(nc5ccccc35)CCN(C)C4)c2C#N)C1. The summed E-state index contributed by atoms with van der Waals surface area (Å²) in [4.78, 5) is 34.5. The van der Waals surface area contributed by atoms with E-state index in [1.807, 2.05) is 31.3 Å². The Kier molecular flexibility index (Phi) is 6.30. The Morgan fingerprint density at radius 1 is 1.29 bits per heavy atom. The fourth-order valence-electron chi connectivity index (χ4n) is 5.00. The second kappa shape index (κ2) is 9.40. The van der Waals surface area contributed by atoms with Gasteiger partial charge < -0.3 is 15.0 Å². The van der Waals surface area contributed by atoms with Gasteiger partial charge in [0, 0.05) is 41.0 Å². The van der Waals surface area contributed by atoms with Gasteiger partial charge in [-0.15, -0.1) is 11.3 Å². The molecule has 2 unspecified atom stereocenters. The number of benzene rings is 1. The molecule has 35 heavy (non-hydrogen) atoms. The van der Waals surface area contributed by atoms with Crippen molar-refractivity contribution in [3.8, 4) is 6.07 Å². The Morgan fingerprint density at radius 2 is 2.09 bits per heavy atom. The molecule has 0 saturated heterocycles. The number of pyridine rings is 1. The molecule has 2 aliphatic rings. The van der Waals surface area contributed by atoms with Crippen LogP contribution in [-0.2, 0) is 35.3 Å². The van der Waals surface area contributed by atoms with Crippen molar-refractivity contribution in [3.05, 3.63) is 57.1 Å². The second-order valence-electron chi connectivity index (χ2n) is 9.62. The van der Waals surface area contributed by atoms with Crippen LogP contribution in [0.1, 0.15) is 57.9 Å². The number of nitriles is 1. The fraction of sp³-hybridized carbons (Fsp3) is 0.407. The van der Waals surface area contributed by atoms with Crippen LogP contribution in [0.3, 0.4) is 0 Å². The number of nitrogens with zero attached hydrogens (tertiary/aromatic N) is 3. The van der Waals surface area contributed by atoms with Crippen molar-refractivity contribution in [2.45, 2.75) is 52.2 Å². The third-order valence-corrected chi connectivity index (χ3v) is 8.12. The molecule has 2 aromatic heterocycles. The summed E-state index contributed by atoms with van der Waals surface area (Å²) in [6.45, 7) is 5.24. The van der Waals surface area contributed by atoms with Gasteiger partial charge in [0.1, 0.15) is 11.1 Å². The largest absolute Gasteiger partial charge is 0.449 e. The number of likely N-dealkylation sites (N-methyl/N-ethyl adjacent to an activating group) is 1. The summed E-state index contributed by atoms with van der Waals surface area (Å²) in [7, 11) is 2.01. The number of para-hydroxylation sites is 1. The van der Waals surface area contributed by atoms with E-state index in [0.717, 1.165) is 60.0 Å². The monoisotopic (exact) mass is 488 g/mol. The zero-order valence-electron chi connectivity index (χ0n) is 20.2. The van der Waals surface area contributed by atoms with Crippen LogP contribution in [0, 0.1) is 17.2 Å². The number of fused-ring (bicyclic) bond motifs is 3. The lowest BCUT2D eigenvalue weighted by Crippen LogP contribution is -2.32. The molecule has 1 aliphatic carbocycles. The first-order valence-corrected chi connectivity index (χ1v) is 12.8. The van der Waals surface area contributed by atoms with Gasteiger partial charge in [0.05, 0.1) is 16.6 Å². The Balaban J connectivity index is 1.39. The number of hydrogen-bond acceptors (Lipinski definition) is 7. The Bertz CT molecular complexity index is 1370. The predicted molar refractivity (Wildman–Crippen MR) is 136 cm³/mol. The van der Waals surface area contributed by atoms with Crippen LogP contribution >= 0.6 is 11.3 Å². The first-order chi connectivity index (χ1) is 16.9. The molecule has 2 atom stereocenters. The molecular formula is C27H28N4O3S. The van der Waals surface area contributed by atoms with Gasteiger partial charge in [-0.2, -0.15) is 5.26 Å². The van der Waals surface area contributed by atoms with Gasteiger partial charge in [0.2, 0.25) is 0 Å². The van der Waals surface area contributed by atoms with Crippen LogP contribution in [0.25, 0.3) is 10.9 Å². The van der Waals surface area contributed by atoms with Crippen molar-refractivity contribution < 1.29 is 14.3 Å². The van der Waals surface area contributed by atoms with Crippen molar-refractivity contribution in [2.75, 3.05) is 18.9 Å². The molecule has 0 saturated carbocycles. The highest BCUT2D eigenvalue weighted by atomic mass is 32.1. The lowest BCUT2D eigenvalue weighted by molar-refractivity contribution is -0.123. The van der Waals surface area contributed by atoms with Crippen molar-refractivity contribution in [3.63, 3.8) is 0 Å². The zero-order valence-corrected chi connectivity index (χ0v) is 21.0. The quantitative estimate of drug-likeness (QED) is 0.545. The topological polar surface area (TPSA) is 95.3 Å². The Hall–Kier alpha value is -3.28. The van der Waals surface area contributed by atoms with E-state index in [2.05, 4.69) is 23.2 Å². The van der Waals surface area contributed by atoms with Crippen LogP contribution < -0.4 is 5.32 Å². The third-order valence-electron chi connectivity index (χ3n) is 6.95. The van der Waals surface area contributed by atoms with E-state index in [-0.39, 0.29) is 0 Å². The molecule has 0 radical (unpaired) electrons. The molecular weight excluding hydrogens is 460 g/mol. The van der Waals surface area contributed by atoms with Gasteiger partial charge in [-0.1, -0.05) is 25.1 Å². The smallest absolute Gasteiger partial charge is 0.339 e. The predicted octanol–water partition coefficient (Wildman–Crippen LogP) is 4.46. The van der Waals surface area contributed by atoms with Gasteiger partial charge >= 0.3 is 5.97 Å². The third kappa shape index (κ3) is 4.42. The number of rotatable bonds is 4. The summed E-state index contributed by atoms with van der Waals surface area (Å²) in [6, 6.07) is 9.80. The fourth-order valence-corrected chi connectivity index (χ4v) is 6.37. The number of amides is 1. The molecule has 3 heterocycles. The number of anilines is 1. The van der Waals surface area contributed by atoms with Crippen LogP contribution in [0.5, 0.6) is 0 Å². The van der Waals surface area contributed by atoms with E-state index in [4.69, 9.17) is 9.72 Å². The maximum atomic E-state index is 13.4. The molecule has 0 spiro atoms. The molecule has 1 aliphatic heterocycles. The molecule has 0 fully saturated rings. The van der Waals surface area contributed by atoms with E-state index >= 15 is 0 Å². The number of thiophene rings is 1. The molecule has 3 aromatic rings.